The first kappa shape index (κ1) is 26.8. The number of thiophene rings is 1. The molecular formula is C31H35ClN2O3S. The predicted octanol–water partition coefficient (Wildman–Crippen LogP) is 8.07. The molecule has 5 nitrogen and oxygen atoms in total. The maximum absolute atomic E-state index is 13.5. The predicted molar refractivity (Wildman–Crippen MR) is 156 cm³/mol. The van der Waals surface area contributed by atoms with Gasteiger partial charge in [0.1, 0.15) is 11.6 Å². The molecule has 0 radical (unpaired) electrons. The summed E-state index contributed by atoms with van der Waals surface area (Å²) in [5.74, 6) is 1.13. The largest absolute Gasteiger partial charge is 0.490 e. The topological polar surface area (TPSA) is 59.9 Å². The zero-order chi connectivity index (χ0) is 26.3. The maximum Gasteiger partial charge on any atom is 0.254 e. The van der Waals surface area contributed by atoms with Crippen LogP contribution in [0, 0.1) is 0 Å². The monoisotopic (exact) mass is 550 g/mol. The summed E-state index contributed by atoms with van der Waals surface area (Å²) in [6, 6.07) is 14.0. The molecule has 3 aromatic rings. The molecule has 1 fully saturated rings. The average Bonchev–Trinajstić information content (AvgIpc) is 3.31. The maximum atomic E-state index is 13.5. The number of amides is 1. The Bertz CT molecular complexity index is 1280. The molecule has 2 aliphatic rings. The molecule has 0 atom stereocenters. The molecule has 0 unspecified atom stereocenters. The van der Waals surface area contributed by atoms with E-state index in [4.69, 9.17) is 26.1 Å². The number of halogens is 1. The minimum Gasteiger partial charge on any atom is -0.490 e. The zero-order valence-electron chi connectivity index (χ0n) is 21.9. The number of aliphatic imine (C=N–C) groups is 1. The molecule has 0 bridgehead atoms. The molecule has 38 heavy (non-hydrogen) atoms. The van der Waals surface area contributed by atoms with Crippen LogP contribution in [0.4, 0.5) is 5.00 Å². The lowest BCUT2D eigenvalue weighted by Gasteiger charge is -2.23. The summed E-state index contributed by atoms with van der Waals surface area (Å²) in [7, 11) is 0. The van der Waals surface area contributed by atoms with Crippen molar-refractivity contribution in [2.45, 2.75) is 77.4 Å². The molecule has 200 valence electrons. The fourth-order valence-corrected chi connectivity index (χ4v) is 6.81. The minimum atomic E-state index is 0.0288. The molecule has 1 aromatic heterocycles. The summed E-state index contributed by atoms with van der Waals surface area (Å²) in [5.41, 5.74) is 3.82. The van der Waals surface area contributed by atoms with Gasteiger partial charge in [-0.2, -0.15) is 0 Å². The van der Waals surface area contributed by atoms with Gasteiger partial charge in [0, 0.05) is 17.1 Å². The number of benzene rings is 2. The molecule has 2 aliphatic carbocycles. The van der Waals surface area contributed by atoms with Crippen LogP contribution in [0.5, 0.6) is 11.5 Å². The van der Waals surface area contributed by atoms with E-state index in [1.54, 1.807) is 17.6 Å². The highest BCUT2D eigenvalue weighted by atomic mass is 35.5. The van der Waals surface area contributed by atoms with E-state index in [1.807, 2.05) is 49.4 Å². The summed E-state index contributed by atoms with van der Waals surface area (Å²) in [6.45, 7) is 2.82. The fraction of sp³-hybridized carbons (Fsp3) is 0.419. The number of nitrogens with one attached hydrogen (secondary N) is 1. The molecule has 1 saturated carbocycles. The SMILES string of the molecule is CCOc1cc(/C=N/c2sc3c(c2C(=O)NC2CCCCC2)CCCC3)cc(Cl)c1OCc1ccccc1. The van der Waals surface area contributed by atoms with E-state index in [1.165, 1.54) is 29.7 Å². The third-order valence-electron chi connectivity index (χ3n) is 7.21. The van der Waals surface area contributed by atoms with Crippen molar-refractivity contribution in [2.75, 3.05) is 6.61 Å². The van der Waals surface area contributed by atoms with Crippen molar-refractivity contribution in [3.05, 3.63) is 74.6 Å². The number of nitrogens with zero attached hydrogens (tertiary/aromatic N) is 1. The number of hydrogen-bond donors (Lipinski definition) is 1. The van der Waals surface area contributed by atoms with Crippen LogP contribution in [-0.2, 0) is 19.4 Å². The Labute approximate surface area is 234 Å². The van der Waals surface area contributed by atoms with Crippen molar-refractivity contribution in [1.82, 2.24) is 5.32 Å². The molecule has 2 aromatic carbocycles. The van der Waals surface area contributed by atoms with E-state index in [0.29, 0.717) is 29.7 Å². The molecular weight excluding hydrogens is 516 g/mol. The summed E-state index contributed by atoms with van der Waals surface area (Å²) >= 11 is 8.31. The number of rotatable bonds is 9. The molecule has 0 saturated heterocycles. The second-order valence-electron chi connectivity index (χ2n) is 9.99. The van der Waals surface area contributed by atoms with Crippen LogP contribution in [0.15, 0.2) is 47.5 Å². The number of ether oxygens (including phenoxy) is 2. The standard InChI is InChI=1S/C31H35ClN2O3S/c1-2-36-26-18-22(17-25(32)29(26)37-20-21-11-5-3-6-12-21)19-33-31-28(24-15-9-10-16-27(24)38-31)30(35)34-23-13-7-4-8-14-23/h3,5-6,11-12,17-19,23H,2,4,7-10,13-16,20H2,1H3,(H,34,35)/b33-19+. The van der Waals surface area contributed by atoms with Crippen LogP contribution in [0.25, 0.3) is 0 Å². The van der Waals surface area contributed by atoms with Crippen LogP contribution in [0.2, 0.25) is 5.02 Å². The number of hydrogen-bond acceptors (Lipinski definition) is 5. The number of carbonyl (C=O) groups excluding carboxylic acids is 1. The van der Waals surface area contributed by atoms with Crippen molar-refractivity contribution in [3.63, 3.8) is 0 Å². The zero-order valence-corrected chi connectivity index (χ0v) is 23.5. The molecule has 5 rings (SSSR count). The summed E-state index contributed by atoms with van der Waals surface area (Å²) < 4.78 is 11.9. The van der Waals surface area contributed by atoms with Gasteiger partial charge in [0.2, 0.25) is 0 Å². The average molecular weight is 551 g/mol. The Kier molecular flexibility index (Phi) is 9.02. The van der Waals surface area contributed by atoms with Gasteiger partial charge in [-0.25, -0.2) is 4.99 Å². The number of fused-ring (bicyclic) bond motifs is 1. The van der Waals surface area contributed by atoms with Crippen LogP contribution in [0.3, 0.4) is 0 Å². The highest BCUT2D eigenvalue weighted by Crippen LogP contribution is 2.41. The van der Waals surface area contributed by atoms with Gasteiger partial charge in [0.25, 0.3) is 5.91 Å². The van der Waals surface area contributed by atoms with Crippen LogP contribution in [-0.4, -0.2) is 24.8 Å². The Morgan fingerprint density at radius 2 is 1.87 bits per heavy atom. The quantitative estimate of drug-likeness (QED) is 0.274. The van der Waals surface area contributed by atoms with E-state index in [0.717, 1.165) is 60.2 Å². The van der Waals surface area contributed by atoms with E-state index >= 15 is 0 Å². The second-order valence-corrected chi connectivity index (χ2v) is 11.5. The van der Waals surface area contributed by atoms with Gasteiger partial charge in [-0.05, 0) is 74.3 Å². The van der Waals surface area contributed by atoms with Gasteiger partial charge in [0.05, 0.1) is 17.2 Å². The Balaban J connectivity index is 1.40. The van der Waals surface area contributed by atoms with E-state index in [-0.39, 0.29) is 11.9 Å². The molecule has 1 N–H and O–H groups in total. The van der Waals surface area contributed by atoms with Crippen LogP contribution >= 0.6 is 22.9 Å². The van der Waals surface area contributed by atoms with Gasteiger partial charge in [-0.15, -0.1) is 11.3 Å². The molecule has 1 heterocycles. The highest BCUT2D eigenvalue weighted by molar-refractivity contribution is 7.16. The van der Waals surface area contributed by atoms with Gasteiger partial charge < -0.3 is 14.8 Å². The van der Waals surface area contributed by atoms with Gasteiger partial charge in [-0.3, -0.25) is 4.79 Å². The third kappa shape index (κ3) is 6.41. The van der Waals surface area contributed by atoms with Crippen molar-refractivity contribution in [2.24, 2.45) is 4.99 Å². The minimum absolute atomic E-state index is 0.0288. The molecule has 0 aliphatic heterocycles. The van der Waals surface area contributed by atoms with Crippen molar-refractivity contribution in [1.29, 1.82) is 0 Å². The second kappa shape index (κ2) is 12.8. The van der Waals surface area contributed by atoms with Crippen molar-refractivity contribution >= 4 is 40.1 Å². The van der Waals surface area contributed by atoms with Gasteiger partial charge in [-0.1, -0.05) is 61.2 Å². The molecule has 7 heteroatoms. The van der Waals surface area contributed by atoms with Crippen molar-refractivity contribution < 1.29 is 14.3 Å². The lowest BCUT2D eigenvalue weighted by molar-refractivity contribution is 0.0927. The van der Waals surface area contributed by atoms with Crippen molar-refractivity contribution in [3.8, 4) is 11.5 Å². The highest BCUT2D eigenvalue weighted by Gasteiger charge is 2.27. The van der Waals surface area contributed by atoms with Crippen LogP contribution < -0.4 is 14.8 Å². The normalized spacial score (nSPS) is 15.8. The van der Waals surface area contributed by atoms with E-state index < -0.39 is 0 Å². The first-order chi connectivity index (χ1) is 18.6. The van der Waals surface area contributed by atoms with E-state index in [9.17, 15) is 4.79 Å². The number of aryl methyl sites for hydroxylation is 1. The smallest absolute Gasteiger partial charge is 0.254 e. The number of carbonyl (C=O) groups is 1. The Morgan fingerprint density at radius 1 is 1.08 bits per heavy atom. The van der Waals surface area contributed by atoms with Gasteiger partial charge >= 0.3 is 0 Å². The third-order valence-corrected chi connectivity index (χ3v) is 8.69. The Hall–Kier alpha value is -2.83. The first-order valence-electron chi connectivity index (χ1n) is 13.7. The first-order valence-corrected chi connectivity index (χ1v) is 14.9. The lowest BCUT2D eigenvalue weighted by Crippen LogP contribution is -2.36. The van der Waals surface area contributed by atoms with Gasteiger partial charge in [0.15, 0.2) is 11.5 Å². The lowest BCUT2D eigenvalue weighted by atomic mass is 9.93. The van der Waals surface area contributed by atoms with Crippen LogP contribution in [0.1, 0.15) is 83.8 Å². The molecule has 0 spiro atoms. The summed E-state index contributed by atoms with van der Waals surface area (Å²) in [6.07, 6.45) is 11.8. The Morgan fingerprint density at radius 3 is 2.66 bits per heavy atom. The summed E-state index contributed by atoms with van der Waals surface area (Å²) in [5, 5.41) is 4.56. The summed E-state index contributed by atoms with van der Waals surface area (Å²) in [4.78, 5) is 19.6. The van der Waals surface area contributed by atoms with E-state index in [2.05, 4.69) is 5.32 Å². The molecule has 1 amide bonds. The fourth-order valence-electron chi connectivity index (χ4n) is 5.31.